The van der Waals surface area contributed by atoms with Crippen molar-refractivity contribution in [3.05, 3.63) is 46.8 Å². The van der Waals surface area contributed by atoms with Gasteiger partial charge in [0.2, 0.25) is 5.91 Å². The molecule has 0 saturated carbocycles. The van der Waals surface area contributed by atoms with Crippen LogP contribution in [-0.4, -0.2) is 60.4 Å². The second-order valence-corrected chi connectivity index (χ2v) is 7.23. The summed E-state index contributed by atoms with van der Waals surface area (Å²) in [6.45, 7) is 9.66. The Kier molecular flexibility index (Phi) is 8.38. The molecule has 0 fully saturated rings. The number of amides is 1. The Morgan fingerprint density at radius 1 is 1.13 bits per heavy atom. The van der Waals surface area contributed by atoms with Gasteiger partial charge in [0.1, 0.15) is 5.75 Å². The average Bonchev–Trinajstić information content (AvgIpc) is 3.05. The molecule has 2 aromatic rings. The zero-order valence-electron chi connectivity index (χ0n) is 19.0. The topological polar surface area (TPSA) is 101 Å². The van der Waals surface area contributed by atoms with Crippen LogP contribution in [0.2, 0.25) is 0 Å². The van der Waals surface area contributed by atoms with Crippen LogP contribution in [0.1, 0.15) is 52.9 Å². The second-order valence-electron chi connectivity index (χ2n) is 7.23. The molecule has 0 bridgehead atoms. The van der Waals surface area contributed by atoms with Crippen molar-refractivity contribution < 1.29 is 23.9 Å². The molecule has 0 aliphatic heterocycles. The zero-order chi connectivity index (χ0) is 23.1. The van der Waals surface area contributed by atoms with E-state index in [0.717, 1.165) is 0 Å². The van der Waals surface area contributed by atoms with Gasteiger partial charge in [-0.25, -0.2) is 4.79 Å². The highest BCUT2D eigenvalue weighted by Crippen LogP contribution is 2.22. The van der Waals surface area contributed by atoms with Crippen molar-refractivity contribution in [2.75, 3.05) is 32.1 Å². The van der Waals surface area contributed by atoms with Gasteiger partial charge in [-0.3, -0.25) is 14.5 Å². The molecule has 2 N–H and O–H groups in total. The fourth-order valence-corrected chi connectivity index (χ4v) is 3.46. The Bertz CT molecular complexity index is 933. The highest BCUT2D eigenvalue weighted by Gasteiger charge is 2.29. The fourth-order valence-electron chi connectivity index (χ4n) is 3.46. The fraction of sp³-hybridized carbons (Fsp3) is 0.435. The zero-order valence-corrected chi connectivity index (χ0v) is 19.0. The van der Waals surface area contributed by atoms with Gasteiger partial charge in [0.05, 0.1) is 37.6 Å². The lowest BCUT2D eigenvalue weighted by Crippen LogP contribution is -2.43. The number of hydrogen-bond donors (Lipinski definition) is 2. The number of ketones is 1. The first-order valence-electron chi connectivity index (χ1n) is 10.3. The van der Waals surface area contributed by atoms with Crippen LogP contribution < -0.4 is 10.1 Å². The van der Waals surface area contributed by atoms with Gasteiger partial charge in [0, 0.05) is 11.4 Å². The number of anilines is 1. The van der Waals surface area contributed by atoms with Gasteiger partial charge >= 0.3 is 5.97 Å². The molecule has 1 heterocycles. The number of aromatic amines is 1. The van der Waals surface area contributed by atoms with Crippen LogP contribution in [0.3, 0.4) is 0 Å². The summed E-state index contributed by atoms with van der Waals surface area (Å²) in [5.74, 6) is -0.161. The molecule has 168 valence electrons. The molecule has 31 heavy (non-hydrogen) atoms. The van der Waals surface area contributed by atoms with E-state index in [1.807, 2.05) is 6.92 Å². The van der Waals surface area contributed by atoms with Crippen LogP contribution in [0.5, 0.6) is 5.75 Å². The summed E-state index contributed by atoms with van der Waals surface area (Å²) in [7, 11) is 1.58. The number of carbonyl (C=O) groups excluding carboxylic acids is 3. The highest BCUT2D eigenvalue weighted by molar-refractivity contribution is 6.04. The molecular weight excluding hydrogens is 398 g/mol. The molecule has 0 spiro atoms. The standard InChI is InChI=1S/C23H31N3O5/c1-7-26(13-19(27)25-17-9-11-18(30-6)12-10-17)16(5)22(28)21-14(3)20(15(4)24-21)23(29)31-8-2/h9-12,16,24H,7-8,13H2,1-6H3,(H,25,27)/t16-/m1/s1. The smallest absolute Gasteiger partial charge is 0.340 e. The minimum absolute atomic E-state index is 0.0545. The summed E-state index contributed by atoms with van der Waals surface area (Å²) < 4.78 is 10.2. The third-order valence-corrected chi connectivity index (χ3v) is 5.22. The number of Topliss-reactive ketones (excluding diaryl/α,β-unsaturated/α-hetero) is 1. The predicted molar refractivity (Wildman–Crippen MR) is 119 cm³/mol. The van der Waals surface area contributed by atoms with E-state index >= 15 is 0 Å². The minimum atomic E-state index is -0.557. The van der Waals surface area contributed by atoms with Crippen LogP contribution in [0.4, 0.5) is 5.69 Å². The lowest BCUT2D eigenvalue weighted by molar-refractivity contribution is -0.117. The molecule has 0 aliphatic carbocycles. The Labute approximate surface area is 182 Å². The second kappa shape index (κ2) is 10.8. The number of esters is 1. The monoisotopic (exact) mass is 429 g/mol. The van der Waals surface area contributed by atoms with Crippen molar-refractivity contribution in [2.24, 2.45) is 0 Å². The van der Waals surface area contributed by atoms with Gasteiger partial charge in [-0.1, -0.05) is 6.92 Å². The maximum atomic E-state index is 13.2. The highest BCUT2D eigenvalue weighted by atomic mass is 16.5. The number of rotatable bonds is 10. The van der Waals surface area contributed by atoms with Gasteiger partial charge in [-0.2, -0.15) is 0 Å². The van der Waals surface area contributed by atoms with Gasteiger partial charge in [-0.15, -0.1) is 0 Å². The molecule has 0 unspecified atom stereocenters. The number of ether oxygens (including phenoxy) is 2. The Morgan fingerprint density at radius 3 is 2.32 bits per heavy atom. The lowest BCUT2D eigenvalue weighted by Gasteiger charge is -2.26. The molecule has 1 atom stereocenters. The number of hydrogen-bond acceptors (Lipinski definition) is 6. The number of nitrogens with zero attached hydrogens (tertiary/aromatic N) is 1. The van der Waals surface area contributed by atoms with Crippen molar-refractivity contribution in [1.29, 1.82) is 0 Å². The molecule has 1 amide bonds. The van der Waals surface area contributed by atoms with E-state index in [4.69, 9.17) is 9.47 Å². The number of carbonyl (C=O) groups is 3. The van der Waals surface area contributed by atoms with Crippen LogP contribution in [-0.2, 0) is 9.53 Å². The maximum Gasteiger partial charge on any atom is 0.340 e. The summed E-state index contributed by atoms with van der Waals surface area (Å²) in [4.78, 5) is 42.7. The summed E-state index contributed by atoms with van der Waals surface area (Å²) >= 11 is 0. The number of likely N-dealkylation sites (N-methyl/N-ethyl adjacent to an activating group) is 1. The summed E-state index contributed by atoms with van der Waals surface area (Å²) in [5.41, 5.74) is 2.55. The van der Waals surface area contributed by atoms with Crippen molar-refractivity contribution in [3.8, 4) is 5.75 Å². The lowest BCUT2D eigenvalue weighted by atomic mass is 10.0. The first kappa shape index (κ1) is 24.1. The van der Waals surface area contributed by atoms with E-state index in [1.165, 1.54) is 0 Å². The van der Waals surface area contributed by atoms with E-state index < -0.39 is 12.0 Å². The van der Waals surface area contributed by atoms with Crippen molar-refractivity contribution >= 4 is 23.3 Å². The molecule has 8 heteroatoms. The molecule has 2 rings (SSSR count). The number of aryl methyl sites for hydroxylation is 1. The van der Waals surface area contributed by atoms with E-state index in [9.17, 15) is 14.4 Å². The van der Waals surface area contributed by atoms with Crippen LogP contribution in [0.25, 0.3) is 0 Å². The normalized spacial score (nSPS) is 11.8. The van der Waals surface area contributed by atoms with Crippen molar-refractivity contribution in [3.63, 3.8) is 0 Å². The maximum absolute atomic E-state index is 13.2. The Balaban J connectivity index is 2.11. The SMILES string of the molecule is CCOC(=O)c1c(C)[nH]c(C(=O)[C@@H](C)N(CC)CC(=O)Nc2ccc(OC)cc2)c1C. The first-order chi connectivity index (χ1) is 14.7. The van der Waals surface area contributed by atoms with Gasteiger partial charge in [0.15, 0.2) is 5.78 Å². The molecular formula is C23H31N3O5. The number of H-pyrrole nitrogens is 1. The number of aromatic nitrogens is 1. The van der Waals surface area contributed by atoms with E-state index in [0.29, 0.717) is 40.5 Å². The predicted octanol–water partition coefficient (Wildman–Crippen LogP) is 3.35. The van der Waals surface area contributed by atoms with E-state index in [1.54, 1.807) is 64.0 Å². The van der Waals surface area contributed by atoms with Crippen LogP contribution >= 0.6 is 0 Å². The third kappa shape index (κ3) is 5.73. The molecule has 0 saturated heterocycles. The largest absolute Gasteiger partial charge is 0.497 e. The quantitative estimate of drug-likeness (QED) is 0.444. The number of benzene rings is 1. The molecule has 0 radical (unpaired) electrons. The van der Waals surface area contributed by atoms with E-state index in [2.05, 4.69) is 10.3 Å². The van der Waals surface area contributed by atoms with Gasteiger partial charge in [0.25, 0.3) is 0 Å². The molecule has 8 nitrogen and oxygen atoms in total. The van der Waals surface area contributed by atoms with Gasteiger partial charge < -0.3 is 19.8 Å². The third-order valence-electron chi connectivity index (χ3n) is 5.22. The average molecular weight is 430 g/mol. The number of nitrogens with one attached hydrogen (secondary N) is 2. The summed E-state index contributed by atoms with van der Waals surface area (Å²) in [6, 6.07) is 6.47. The van der Waals surface area contributed by atoms with Crippen LogP contribution in [0.15, 0.2) is 24.3 Å². The Hall–Kier alpha value is -3.13. The molecule has 1 aromatic heterocycles. The molecule has 1 aromatic carbocycles. The van der Waals surface area contributed by atoms with Crippen molar-refractivity contribution in [1.82, 2.24) is 9.88 Å². The summed E-state index contributed by atoms with van der Waals surface area (Å²) in [6.07, 6.45) is 0. The van der Waals surface area contributed by atoms with E-state index in [-0.39, 0.29) is 24.8 Å². The minimum Gasteiger partial charge on any atom is -0.497 e. The number of methoxy groups -OCH3 is 1. The Morgan fingerprint density at radius 2 is 1.77 bits per heavy atom. The van der Waals surface area contributed by atoms with Crippen molar-refractivity contribution in [2.45, 2.75) is 40.7 Å². The first-order valence-corrected chi connectivity index (χ1v) is 10.3. The van der Waals surface area contributed by atoms with Crippen LogP contribution in [0, 0.1) is 13.8 Å². The summed E-state index contributed by atoms with van der Waals surface area (Å²) in [5, 5.41) is 2.83. The van der Waals surface area contributed by atoms with Gasteiger partial charge in [-0.05, 0) is 64.1 Å². The molecule has 0 aliphatic rings.